The average Bonchev–Trinajstić information content (AvgIpc) is 3.41. The third-order valence-corrected chi connectivity index (χ3v) is 7.22. The lowest BCUT2D eigenvalue weighted by atomic mass is 9.86. The Morgan fingerprint density at radius 1 is 0.788 bits per heavy atom. The summed E-state index contributed by atoms with van der Waals surface area (Å²) in [6.07, 6.45) is 0. The number of aromatic nitrogens is 1. The Kier molecular flexibility index (Phi) is 3.41. The standard InChI is InChI=1S/C30H25NO2/c1-16-6-10-20-22-13-17-7-9-19(32-5)15-21(17)26-27-23-14-18(30(2,3)4)8-11-25(23)33-29(27)31(28(22)26)24(20)12-16/h6-15H,1-5H3. The highest BCUT2D eigenvalue weighted by Gasteiger charge is 2.25. The second kappa shape index (κ2) is 5.99. The van der Waals surface area contributed by atoms with Crippen molar-refractivity contribution in [2.75, 3.05) is 7.11 Å². The largest absolute Gasteiger partial charge is 0.497 e. The van der Waals surface area contributed by atoms with Crippen molar-refractivity contribution >= 4 is 60.0 Å². The van der Waals surface area contributed by atoms with Gasteiger partial charge in [0.1, 0.15) is 11.3 Å². The van der Waals surface area contributed by atoms with Gasteiger partial charge >= 0.3 is 0 Å². The summed E-state index contributed by atoms with van der Waals surface area (Å²) < 4.78 is 14.5. The molecule has 0 saturated heterocycles. The first kappa shape index (κ1) is 18.8. The van der Waals surface area contributed by atoms with Crippen LogP contribution in [0.1, 0.15) is 31.9 Å². The molecule has 0 aliphatic rings. The zero-order valence-electron chi connectivity index (χ0n) is 19.5. The summed E-state index contributed by atoms with van der Waals surface area (Å²) in [5, 5.41) is 8.56. The maximum Gasteiger partial charge on any atom is 0.213 e. The Labute approximate surface area is 191 Å². The second-order valence-electron chi connectivity index (χ2n) is 10.3. The summed E-state index contributed by atoms with van der Waals surface area (Å²) >= 11 is 0. The lowest BCUT2D eigenvalue weighted by Gasteiger charge is -2.18. The molecule has 0 radical (unpaired) electrons. The minimum Gasteiger partial charge on any atom is -0.497 e. The summed E-state index contributed by atoms with van der Waals surface area (Å²) in [7, 11) is 1.73. The molecule has 0 aliphatic carbocycles. The fourth-order valence-electron chi connectivity index (χ4n) is 5.52. The number of aryl methyl sites for hydroxylation is 1. The quantitative estimate of drug-likeness (QED) is 0.261. The molecule has 0 amide bonds. The lowest BCUT2D eigenvalue weighted by molar-refractivity contribution is 0.415. The molecule has 3 heteroatoms. The fourth-order valence-corrected chi connectivity index (χ4v) is 5.52. The third-order valence-electron chi connectivity index (χ3n) is 7.22. The van der Waals surface area contributed by atoms with Gasteiger partial charge in [0, 0.05) is 21.5 Å². The Morgan fingerprint density at radius 2 is 1.64 bits per heavy atom. The molecular weight excluding hydrogens is 406 g/mol. The van der Waals surface area contributed by atoms with Crippen LogP contribution in [0.25, 0.3) is 60.0 Å². The van der Waals surface area contributed by atoms with Crippen LogP contribution in [0.4, 0.5) is 0 Å². The molecule has 3 aromatic heterocycles. The summed E-state index contributed by atoms with van der Waals surface area (Å²) in [6.45, 7) is 8.93. The molecule has 3 nitrogen and oxygen atoms in total. The van der Waals surface area contributed by atoms with Crippen LogP contribution in [0.15, 0.2) is 65.1 Å². The van der Waals surface area contributed by atoms with Crippen molar-refractivity contribution in [3.63, 3.8) is 0 Å². The van der Waals surface area contributed by atoms with Crippen molar-refractivity contribution in [2.45, 2.75) is 33.1 Å². The molecule has 0 N–H and O–H groups in total. The molecule has 7 aromatic rings. The van der Waals surface area contributed by atoms with Crippen LogP contribution < -0.4 is 4.74 Å². The van der Waals surface area contributed by atoms with Crippen LogP contribution in [0, 0.1) is 6.92 Å². The van der Waals surface area contributed by atoms with Gasteiger partial charge in [0.05, 0.1) is 23.5 Å². The van der Waals surface area contributed by atoms with E-state index in [1.54, 1.807) is 7.11 Å². The van der Waals surface area contributed by atoms with Crippen molar-refractivity contribution in [3.8, 4) is 5.75 Å². The maximum atomic E-state index is 6.59. The van der Waals surface area contributed by atoms with Gasteiger partial charge in [-0.05, 0) is 70.6 Å². The third kappa shape index (κ3) is 2.34. The number of methoxy groups -OCH3 is 1. The summed E-state index contributed by atoms with van der Waals surface area (Å²) in [4.78, 5) is 0. The van der Waals surface area contributed by atoms with Crippen LogP contribution in [0.3, 0.4) is 0 Å². The summed E-state index contributed by atoms with van der Waals surface area (Å²) in [6, 6.07) is 22.1. The number of rotatable bonds is 1. The Balaban J connectivity index is 1.82. The van der Waals surface area contributed by atoms with Gasteiger partial charge in [0.25, 0.3) is 0 Å². The van der Waals surface area contributed by atoms with Gasteiger partial charge < -0.3 is 9.15 Å². The highest BCUT2D eigenvalue weighted by Crippen LogP contribution is 2.47. The minimum absolute atomic E-state index is 0.0629. The zero-order chi connectivity index (χ0) is 22.6. The van der Waals surface area contributed by atoms with Crippen molar-refractivity contribution in [3.05, 3.63) is 71.8 Å². The molecule has 162 valence electrons. The van der Waals surface area contributed by atoms with Gasteiger partial charge in [0.15, 0.2) is 0 Å². The van der Waals surface area contributed by atoms with Gasteiger partial charge in [-0.1, -0.05) is 45.0 Å². The van der Waals surface area contributed by atoms with Crippen LogP contribution >= 0.6 is 0 Å². The van der Waals surface area contributed by atoms with Gasteiger partial charge in [-0.15, -0.1) is 0 Å². The number of hydrogen-bond acceptors (Lipinski definition) is 2. The highest BCUT2D eigenvalue weighted by molar-refractivity contribution is 6.34. The van der Waals surface area contributed by atoms with E-state index in [0.717, 1.165) is 17.0 Å². The van der Waals surface area contributed by atoms with E-state index in [1.165, 1.54) is 59.9 Å². The van der Waals surface area contributed by atoms with Gasteiger partial charge in [-0.2, -0.15) is 0 Å². The molecule has 0 spiro atoms. The SMILES string of the molecule is COc1ccc2cc3c4ccc(C)cc4n4c5oc6ccc(C(C)(C)C)cc6c5c(c2c1)c34. The number of ether oxygens (including phenoxy) is 1. The van der Waals surface area contributed by atoms with E-state index >= 15 is 0 Å². The first-order valence-corrected chi connectivity index (χ1v) is 11.5. The molecular formula is C30H25NO2. The molecule has 0 atom stereocenters. The number of hydrogen-bond donors (Lipinski definition) is 0. The molecule has 0 fully saturated rings. The van der Waals surface area contributed by atoms with E-state index in [2.05, 4.69) is 86.7 Å². The molecule has 3 heterocycles. The maximum absolute atomic E-state index is 6.59. The lowest BCUT2D eigenvalue weighted by Crippen LogP contribution is -2.10. The van der Waals surface area contributed by atoms with Crippen LogP contribution in [-0.4, -0.2) is 11.5 Å². The molecule has 0 saturated carbocycles. The number of fused-ring (bicyclic) bond motifs is 10. The van der Waals surface area contributed by atoms with E-state index in [4.69, 9.17) is 9.15 Å². The average molecular weight is 432 g/mol. The smallest absolute Gasteiger partial charge is 0.213 e. The second-order valence-corrected chi connectivity index (χ2v) is 10.3. The molecule has 0 aliphatic heterocycles. The molecule has 33 heavy (non-hydrogen) atoms. The van der Waals surface area contributed by atoms with E-state index in [1.807, 2.05) is 6.07 Å². The molecule has 0 bridgehead atoms. The number of nitrogens with zero attached hydrogens (tertiary/aromatic N) is 1. The monoisotopic (exact) mass is 431 g/mol. The van der Waals surface area contributed by atoms with Gasteiger partial charge in [-0.3, -0.25) is 4.40 Å². The van der Waals surface area contributed by atoms with Crippen LogP contribution in [0.2, 0.25) is 0 Å². The Bertz CT molecular complexity index is 1890. The van der Waals surface area contributed by atoms with Crippen LogP contribution in [0.5, 0.6) is 5.75 Å². The molecule has 4 aromatic carbocycles. The molecule has 0 unspecified atom stereocenters. The zero-order valence-corrected chi connectivity index (χ0v) is 19.5. The molecule has 7 rings (SSSR count). The number of benzene rings is 4. The predicted molar refractivity (Wildman–Crippen MR) is 138 cm³/mol. The predicted octanol–water partition coefficient (Wildman–Crippen LogP) is 8.35. The van der Waals surface area contributed by atoms with E-state index in [0.29, 0.717) is 0 Å². The Morgan fingerprint density at radius 3 is 2.42 bits per heavy atom. The van der Waals surface area contributed by atoms with Gasteiger partial charge in [-0.25, -0.2) is 0 Å². The van der Waals surface area contributed by atoms with Crippen molar-refractivity contribution in [1.82, 2.24) is 4.40 Å². The first-order valence-electron chi connectivity index (χ1n) is 11.5. The van der Waals surface area contributed by atoms with E-state index < -0.39 is 0 Å². The first-order chi connectivity index (χ1) is 15.8. The topological polar surface area (TPSA) is 26.8 Å². The summed E-state index contributed by atoms with van der Waals surface area (Å²) in [5.41, 5.74) is 6.90. The normalized spacial score (nSPS) is 13.0. The van der Waals surface area contributed by atoms with Crippen LogP contribution in [-0.2, 0) is 5.41 Å². The minimum atomic E-state index is 0.0629. The fraction of sp³-hybridized carbons (Fsp3) is 0.200. The Hall–Kier alpha value is -3.72. The summed E-state index contributed by atoms with van der Waals surface area (Å²) in [5.74, 6) is 0.869. The van der Waals surface area contributed by atoms with Crippen molar-refractivity contribution in [2.24, 2.45) is 0 Å². The highest BCUT2D eigenvalue weighted by atomic mass is 16.5. The van der Waals surface area contributed by atoms with Crippen molar-refractivity contribution < 1.29 is 9.15 Å². The van der Waals surface area contributed by atoms with E-state index in [9.17, 15) is 0 Å². The van der Waals surface area contributed by atoms with Crippen molar-refractivity contribution in [1.29, 1.82) is 0 Å². The number of furan rings is 1. The van der Waals surface area contributed by atoms with E-state index in [-0.39, 0.29) is 5.41 Å². The van der Waals surface area contributed by atoms with Gasteiger partial charge in [0.2, 0.25) is 5.71 Å².